The van der Waals surface area contributed by atoms with E-state index in [1.807, 2.05) is 0 Å². The Labute approximate surface area is 160 Å². The summed E-state index contributed by atoms with van der Waals surface area (Å²) in [5, 5.41) is 9.26. The number of hydrogen-bond donors (Lipinski definition) is 2. The summed E-state index contributed by atoms with van der Waals surface area (Å²) >= 11 is 0. The van der Waals surface area contributed by atoms with Crippen LogP contribution in [0, 0.1) is 6.92 Å². The highest BCUT2D eigenvalue weighted by Gasteiger charge is 2.20. The van der Waals surface area contributed by atoms with Gasteiger partial charge in [0.05, 0.1) is 11.7 Å². The molecule has 2 amide bonds. The Morgan fingerprint density at radius 2 is 2.04 bits per heavy atom. The van der Waals surface area contributed by atoms with Crippen molar-refractivity contribution in [3.63, 3.8) is 0 Å². The standard InChI is InChI=1S/C19H21N5O4/c1-12-10-20-22-17(12)18(26)21-13-5-6-15-14(9-13)24(19(27)28-15)11-16(25)23-7-3-2-4-8-23/h5-6,9-10H,2-4,7-8,11H2,1H3,(H,20,22)(H,21,26). The van der Waals surface area contributed by atoms with Crippen molar-refractivity contribution in [2.24, 2.45) is 0 Å². The fourth-order valence-electron chi connectivity index (χ4n) is 3.44. The second-order valence-corrected chi connectivity index (χ2v) is 6.96. The summed E-state index contributed by atoms with van der Waals surface area (Å²) in [6.07, 6.45) is 4.65. The molecule has 0 radical (unpaired) electrons. The Hall–Kier alpha value is -3.36. The van der Waals surface area contributed by atoms with Crippen molar-refractivity contribution in [1.29, 1.82) is 0 Å². The van der Waals surface area contributed by atoms with E-state index in [9.17, 15) is 14.4 Å². The molecule has 3 aromatic rings. The average Bonchev–Trinajstić information content (AvgIpc) is 3.26. The van der Waals surface area contributed by atoms with Crippen LogP contribution in [0.4, 0.5) is 5.69 Å². The lowest BCUT2D eigenvalue weighted by Gasteiger charge is -2.26. The second-order valence-electron chi connectivity index (χ2n) is 6.96. The van der Waals surface area contributed by atoms with Gasteiger partial charge >= 0.3 is 5.76 Å². The summed E-state index contributed by atoms with van der Waals surface area (Å²) in [4.78, 5) is 39.0. The molecular formula is C19H21N5O4. The molecule has 2 N–H and O–H groups in total. The zero-order valence-electron chi connectivity index (χ0n) is 15.5. The predicted octanol–water partition coefficient (Wildman–Crippen LogP) is 1.89. The van der Waals surface area contributed by atoms with Crippen molar-refractivity contribution in [3.8, 4) is 0 Å². The number of nitrogens with one attached hydrogen (secondary N) is 2. The van der Waals surface area contributed by atoms with Crippen LogP contribution in [0.3, 0.4) is 0 Å². The van der Waals surface area contributed by atoms with Gasteiger partial charge in [-0.25, -0.2) is 4.79 Å². The number of amides is 2. The first-order valence-electron chi connectivity index (χ1n) is 9.25. The Kier molecular flexibility index (Phi) is 4.72. The number of anilines is 1. The topological polar surface area (TPSA) is 113 Å². The number of benzene rings is 1. The van der Waals surface area contributed by atoms with E-state index in [0.29, 0.717) is 35.6 Å². The van der Waals surface area contributed by atoms with E-state index in [0.717, 1.165) is 24.8 Å². The number of piperidine rings is 1. The molecule has 0 saturated carbocycles. The van der Waals surface area contributed by atoms with Gasteiger partial charge in [0.1, 0.15) is 12.2 Å². The van der Waals surface area contributed by atoms with Crippen LogP contribution in [0.1, 0.15) is 35.3 Å². The maximum atomic E-state index is 12.6. The van der Waals surface area contributed by atoms with Gasteiger partial charge in [0, 0.05) is 18.8 Å². The molecule has 0 spiro atoms. The Morgan fingerprint density at radius 1 is 1.25 bits per heavy atom. The van der Waals surface area contributed by atoms with Crippen LogP contribution in [0.25, 0.3) is 11.1 Å². The maximum Gasteiger partial charge on any atom is 0.420 e. The van der Waals surface area contributed by atoms with Gasteiger partial charge in [0.25, 0.3) is 5.91 Å². The molecule has 146 valence electrons. The van der Waals surface area contributed by atoms with Crippen LogP contribution in [0.15, 0.2) is 33.6 Å². The van der Waals surface area contributed by atoms with Gasteiger partial charge in [-0.15, -0.1) is 0 Å². The highest BCUT2D eigenvalue weighted by atomic mass is 16.4. The lowest BCUT2D eigenvalue weighted by atomic mass is 10.1. The number of fused-ring (bicyclic) bond motifs is 1. The van der Waals surface area contributed by atoms with E-state index in [4.69, 9.17) is 4.42 Å². The van der Waals surface area contributed by atoms with E-state index >= 15 is 0 Å². The van der Waals surface area contributed by atoms with Crippen molar-refractivity contribution in [3.05, 3.63) is 46.2 Å². The molecule has 9 nitrogen and oxygen atoms in total. The van der Waals surface area contributed by atoms with Gasteiger partial charge in [-0.1, -0.05) is 0 Å². The third kappa shape index (κ3) is 3.42. The molecule has 28 heavy (non-hydrogen) atoms. The molecule has 9 heteroatoms. The fraction of sp³-hybridized carbons (Fsp3) is 0.368. The zero-order chi connectivity index (χ0) is 19.7. The molecule has 0 unspecified atom stereocenters. The minimum absolute atomic E-state index is 0.0805. The number of oxazole rings is 1. The third-order valence-electron chi connectivity index (χ3n) is 4.98. The molecule has 0 atom stereocenters. The number of aryl methyl sites for hydroxylation is 1. The van der Waals surface area contributed by atoms with Gasteiger partial charge in [0.2, 0.25) is 5.91 Å². The number of H-pyrrole nitrogens is 1. The van der Waals surface area contributed by atoms with Gasteiger partial charge in [-0.05, 0) is 49.9 Å². The molecule has 1 aliphatic heterocycles. The predicted molar refractivity (Wildman–Crippen MR) is 102 cm³/mol. The summed E-state index contributed by atoms with van der Waals surface area (Å²) in [5.74, 6) is -1.03. The van der Waals surface area contributed by atoms with Crippen LogP contribution in [-0.4, -0.2) is 44.6 Å². The van der Waals surface area contributed by atoms with E-state index < -0.39 is 5.76 Å². The minimum Gasteiger partial charge on any atom is -0.408 e. The quantitative estimate of drug-likeness (QED) is 0.714. The Morgan fingerprint density at radius 3 is 2.75 bits per heavy atom. The number of aromatic nitrogens is 3. The van der Waals surface area contributed by atoms with E-state index in [1.165, 1.54) is 4.57 Å². The highest BCUT2D eigenvalue weighted by Crippen LogP contribution is 2.20. The summed E-state index contributed by atoms with van der Waals surface area (Å²) in [7, 11) is 0. The van der Waals surface area contributed by atoms with Crippen molar-refractivity contribution < 1.29 is 14.0 Å². The van der Waals surface area contributed by atoms with Gasteiger partial charge in [-0.2, -0.15) is 5.10 Å². The third-order valence-corrected chi connectivity index (χ3v) is 4.98. The number of hydrogen-bond acceptors (Lipinski definition) is 5. The first-order valence-corrected chi connectivity index (χ1v) is 9.25. The molecule has 1 saturated heterocycles. The maximum absolute atomic E-state index is 12.6. The summed E-state index contributed by atoms with van der Waals surface area (Å²) in [6, 6.07) is 4.88. The van der Waals surface area contributed by atoms with Gasteiger partial charge in [0.15, 0.2) is 5.58 Å². The Bertz CT molecular complexity index is 1090. The number of nitrogens with zero attached hydrogens (tertiary/aromatic N) is 3. The fourth-order valence-corrected chi connectivity index (χ4v) is 3.44. The SMILES string of the molecule is Cc1cn[nH]c1C(=O)Nc1ccc2oc(=O)n(CC(=O)N3CCCCC3)c2c1. The first-order chi connectivity index (χ1) is 13.5. The molecular weight excluding hydrogens is 362 g/mol. The highest BCUT2D eigenvalue weighted by molar-refractivity contribution is 6.04. The lowest BCUT2D eigenvalue weighted by Crippen LogP contribution is -2.39. The van der Waals surface area contributed by atoms with Crippen LogP contribution >= 0.6 is 0 Å². The molecule has 3 heterocycles. The smallest absolute Gasteiger partial charge is 0.408 e. The van der Waals surface area contributed by atoms with E-state index in [-0.39, 0.29) is 18.4 Å². The molecule has 1 fully saturated rings. The first kappa shape index (κ1) is 18.0. The number of rotatable bonds is 4. The normalized spacial score (nSPS) is 14.4. The summed E-state index contributed by atoms with van der Waals surface area (Å²) in [6.45, 7) is 3.13. The van der Waals surface area contributed by atoms with Crippen LogP contribution in [-0.2, 0) is 11.3 Å². The van der Waals surface area contributed by atoms with Crippen molar-refractivity contribution in [2.75, 3.05) is 18.4 Å². The van der Waals surface area contributed by atoms with Gasteiger partial charge < -0.3 is 14.6 Å². The minimum atomic E-state index is -0.590. The summed E-state index contributed by atoms with van der Waals surface area (Å²) in [5.41, 5.74) is 2.42. The lowest BCUT2D eigenvalue weighted by molar-refractivity contribution is -0.132. The molecule has 1 aliphatic rings. The van der Waals surface area contributed by atoms with Crippen molar-refractivity contribution >= 4 is 28.6 Å². The monoisotopic (exact) mass is 383 g/mol. The number of carbonyl (C=O) groups excluding carboxylic acids is 2. The molecule has 2 aromatic heterocycles. The number of aromatic amines is 1. The molecule has 1 aromatic carbocycles. The van der Waals surface area contributed by atoms with Crippen LogP contribution < -0.4 is 11.1 Å². The molecule has 4 rings (SSSR count). The summed E-state index contributed by atoms with van der Waals surface area (Å²) < 4.78 is 6.56. The zero-order valence-corrected chi connectivity index (χ0v) is 15.5. The largest absolute Gasteiger partial charge is 0.420 e. The van der Waals surface area contributed by atoms with Crippen LogP contribution in [0.2, 0.25) is 0 Å². The Balaban J connectivity index is 1.59. The van der Waals surface area contributed by atoms with Gasteiger partial charge in [-0.3, -0.25) is 19.3 Å². The number of likely N-dealkylation sites (tertiary alicyclic amines) is 1. The van der Waals surface area contributed by atoms with Crippen LogP contribution in [0.5, 0.6) is 0 Å². The number of carbonyl (C=O) groups is 2. The van der Waals surface area contributed by atoms with E-state index in [2.05, 4.69) is 15.5 Å². The molecule has 0 bridgehead atoms. The average molecular weight is 383 g/mol. The van der Waals surface area contributed by atoms with E-state index in [1.54, 1.807) is 36.2 Å². The molecule has 0 aliphatic carbocycles. The second kappa shape index (κ2) is 7.34. The van der Waals surface area contributed by atoms with Crippen molar-refractivity contribution in [2.45, 2.75) is 32.7 Å². The van der Waals surface area contributed by atoms with Crippen molar-refractivity contribution in [1.82, 2.24) is 19.7 Å².